The summed E-state index contributed by atoms with van der Waals surface area (Å²) in [4.78, 5) is 0.169. The molecular weight excluding hydrogens is 138 g/mol. The van der Waals surface area contributed by atoms with Crippen LogP contribution in [0.15, 0.2) is 5.28 Å². The third-order valence-corrected chi connectivity index (χ3v) is 1.31. The quantitative estimate of drug-likeness (QED) is 0.311. The zero-order valence-corrected chi connectivity index (χ0v) is 5.43. The normalized spacial score (nSPS) is 21.2. The molecule has 1 heterocycles. The van der Waals surface area contributed by atoms with Crippen LogP contribution in [0.5, 0.6) is 0 Å². The monoisotopic (exact) mass is 147 g/mol. The Kier molecular flexibility index (Phi) is 2.27. The van der Waals surface area contributed by atoms with Gasteiger partial charge in [-0.05, 0) is 0 Å². The van der Waals surface area contributed by atoms with Gasteiger partial charge in [-0.25, -0.2) is 0 Å². The lowest BCUT2D eigenvalue weighted by molar-refractivity contribution is -0.712. The van der Waals surface area contributed by atoms with Gasteiger partial charge in [-0.1, -0.05) is 0 Å². The zero-order valence-electron chi connectivity index (χ0n) is 5.43. The van der Waals surface area contributed by atoms with E-state index in [1.807, 2.05) is 0 Å². The number of hydrazine groups is 1. The Morgan fingerprint density at radius 2 is 2.10 bits per heavy atom. The van der Waals surface area contributed by atoms with E-state index in [9.17, 15) is 5.21 Å². The molecule has 1 rings (SSSR count). The minimum absolute atomic E-state index is 0.169. The molecular formula is C4H9N3O3. The first-order valence-corrected chi connectivity index (χ1v) is 2.99. The predicted molar refractivity (Wildman–Crippen MR) is 30.2 cm³/mol. The van der Waals surface area contributed by atoms with Crippen LogP contribution >= 0.6 is 0 Å². The van der Waals surface area contributed by atoms with Crippen molar-refractivity contribution < 1.29 is 14.9 Å². The SMILES string of the molecule is [O-]/[N+](=N\O)N1CCOCC1. The van der Waals surface area contributed by atoms with Crippen LogP contribution in [0.4, 0.5) is 0 Å². The van der Waals surface area contributed by atoms with E-state index in [4.69, 9.17) is 9.94 Å². The molecule has 1 fully saturated rings. The fourth-order valence-electron chi connectivity index (χ4n) is 0.781. The summed E-state index contributed by atoms with van der Waals surface area (Å²) in [5.74, 6) is 0. The zero-order chi connectivity index (χ0) is 7.40. The molecule has 0 radical (unpaired) electrons. The lowest BCUT2D eigenvalue weighted by Crippen LogP contribution is -2.40. The maximum Gasteiger partial charge on any atom is 0.230 e. The fourth-order valence-corrected chi connectivity index (χ4v) is 0.781. The van der Waals surface area contributed by atoms with Gasteiger partial charge < -0.3 is 15.2 Å². The standard InChI is InChI=1S/C4H9N3O3/c8-5-7(9)6-1-3-10-4-2-6/h8H,1-4H2/b7-5-. The highest BCUT2D eigenvalue weighted by molar-refractivity contribution is 4.49. The summed E-state index contributed by atoms with van der Waals surface area (Å²) < 4.78 is 4.96. The minimum Gasteiger partial charge on any atom is -0.569 e. The van der Waals surface area contributed by atoms with Crippen molar-refractivity contribution in [1.29, 1.82) is 0 Å². The number of rotatable bonds is 1. The van der Waals surface area contributed by atoms with E-state index in [-0.39, 0.29) is 4.97 Å². The van der Waals surface area contributed by atoms with Gasteiger partial charge in [0.2, 0.25) is 5.28 Å². The van der Waals surface area contributed by atoms with Crippen LogP contribution in [0.25, 0.3) is 0 Å². The molecule has 0 bridgehead atoms. The number of hydrogen-bond acceptors (Lipinski definition) is 3. The average Bonchev–Trinajstić information content (AvgIpc) is 2.05. The Hall–Kier alpha value is -1.04. The predicted octanol–water partition coefficient (Wildman–Crippen LogP) is -0.415. The Morgan fingerprint density at radius 1 is 1.50 bits per heavy atom. The van der Waals surface area contributed by atoms with E-state index < -0.39 is 0 Å². The molecule has 0 aromatic carbocycles. The summed E-state index contributed by atoms with van der Waals surface area (Å²) in [7, 11) is 0. The summed E-state index contributed by atoms with van der Waals surface area (Å²) in [6, 6.07) is 0. The molecule has 0 saturated carbocycles. The smallest absolute Gasteiger partial charge is 0.230 e. The lowest BCUT2D eigenvalue weighted by atomic mass is 10.5. The van der Waals surface area contributed by atoms with E-state index >= 15 is 0 Å². The van der Waals surface area contributed by atoms with Crippen molar-refractivity contribution in [2.24, 2.45) is 5.28 Å². The summed E-state index contributed by atoms with van der Waals surface area (Å²) in [5.41, 5.74) is 0. The van der Waals surface area contributed by atoms with E-state index in [0.29, 0.717) is 26.3 Å². The molecule has 0 atom stereocenters. The Labute approximate surface area is 57.8 Å². The molecule has 1 N–H and O–H groups in total. The van der Waals surface area contributed by atoms with Crippen LogP contribution in [0, 0.1) is 5.21 Å². The molecule has 0 spiro atoms. The van der Waals surface area contributed by atoms with Gasteiger partial charge in [0, 0.05) is 0 Å². The second-order valence-corrected chi connectivity index (χ2v) is 1.91. The summed E-state index contributed by atoms with van der Waals surface area (Å²) in [5, 5.41) is 22.4. The van der Waals surface area contributed by atoms with Crippen LogP contribution in [-0.2, 0) is 4.74 Å². The van der Waals surface area contributed by atoms with Crippen molar-refractivity contribution in [3.63, 3.8) is 0 Å². The van der Waals surface area contributed by atoms with Gasteiger partial charge in [-0.15, -0.1) is 5.01 Å². The number of ether oxygens (including phenoxy) is 1. The number of nitrogens with zero attached hydrogens (tertiary/aromatic N) is 3. The van der Waals surface area contributed by atoms with Crippen molar-refractivity contribution in [2.75, 3.05) is 26.3 Å². The second kappa shape index (κ2) is 3.21. The second-order valence-electron chi connectivity index (χ2n) is 1.91. The van der Waals surface area contributed by atoms with E-state index in [1.54, 1.807) is 0 Å². The van der Waals surface area contributed by atoms with E-state index in [1.165, 1.54) is 5.01 Å². The highest BCUT2D eigenvalue weighted by Crippen LogP contribution is 1.96. The van der Waals surface area contributed by atoms with Gasteiger partial charge in [0.05, 0.1) is 18.2 Å². The van der Waals surface area contributed by atoms with Crippen LogP contribution in [-0.4, -0.2) is 41.5 Å². The Bertz CT molecular complexity index is 132. The maximum absolute atomic E-state index is 10.5. The largest absolute Gasteiger partial charge is 0.569 e. The van der Waals surface area contributed by atoms with Gasteiger partial charge >= 0.3 is 0 Å². The molecule has 1 aliphatic rings. The average molecular weight is 147 g/mol. The first-order valence-electron chi connectivity index (χ1n) is 2.99. The Balaban J connectivity index is 2.39. The van der Waals surface area contributed by atoms with Crippen molar-refractivity contribution >= 4 is 0 Å². The van der Waals surface area contributed by atoms with Crippen LogP contribution in [0.3, 0.4) is 0 Å². The molecule has 0 amide bonds. The highest BCUT2D eigenvalue weighted by atomic mass is 16.6. The van der Waals surface area contributed by atoms with Crippen molar-refractivity contribution in [1.82, 2.24) is 5.01 Å². The topological polar surface area (TPSA) is 71.1 Å². The number of morpholine rings is 1. The van der Waals surface area contributed by atoms with Crippen molar-refractivity contribution in [3.05, 3.63) is 5.21 Å². The molecule has 58 valence electrons. The van der Waals surface area contributed by atoms with Crippen molar-refractivity contribution in [2.45, 2.75) is 0 Å². The van der Waals surface area contributed by atoms with E-state index in [2.05, 4.69) is 5.28 Å². The molecule has 1 saturated heterocycles. The fraction of sp³-hybridized carbons (Fsp3) is 1.00. The molecule has 6 nitrogen and oxygen atoms in total. The number of hydrogen-bond donors (Lipinski definition) is 1. The molecule has 0 aromatic rings. The van der Waals surface area contributed by atoms with Crippen molar-refractivity contribution in [3.8, 4) is 0 Å². The van der Waals surface area contributed by atoms with Gasteiger partial charge in [0.15, 0.2) is 0 Å². The lowest BCUT2D eigenvalue weighted by Gasteiger charge is -2.21. The molecule has 0 unspecified atom stereocenters. The van der Waals surface area contributed by atoms with Crippen LogP contribution in [0.2, 0.25) is 0 Å². The Morgan fingerprint density at radius 3 is 2.60 bits per heavy atom. The highest BCUT2D eigenvalue weighted by Gasteiger charge is 2.16. The summed E-state index contributed by atoms with van der Waals surface area (Å²) in [6.07, 6.45) is 0. The van der Waals surface area contributed by atoms with Crippen LogP contribution in [0.1, 0.15) is 0 Å². The third kappa shape index (κ3) is 1.47. The molecule has 6 heteroatoms. The first kappa shape index (κ1) is 7.07. The van der Waals surface area contributed by atoms with Gasteiger partial charge in [-0.3, -0.25) is 0 Å². The van der Waals surface area contributed by atoms with Crippen LogP contribution < -0.4 is 0 Å². The summed E-state index contributed by atoms with van der Waals surface area (Å²) in [6.45, 7) is 1.98. The molecule has 10 heavy (non-hydrogen) atoms. The molecule has 1 aliphatic heterocycles. The van der Waals surface area contributed by atoms with Gasteiger partial charge in [-0.2, -0.15) is 0 Å². The summed E-state index contributed by atoms with van der Waals surface area (Å²) >= 11 is 0. The third-order valence-electron chi connectivity index (χ3n) is 1.31. The maximum atomic E-state index is 10.5. The molecule has 0 aromatic heterocycles. The molecule has 0 aliphatic carbocycles. The van der Waals surface area contributed by atoms with Gasteiger partial charge in [0.25, 0.3) is 0 Å². The minimum atomic E-state index is 0.169. The first-order chi connectivity index (χ1) is 4.84. The van der Waals surface area contributed by atoms with E-state index in [0.717, 1.165) is 0 Å². The van der Waals surface area contributed by atoms with Gasteiger partial charge in [0.1, 0.15) is 13.1 Å².